The fourth-order valence-electron chi connectivity index (χ4n) is 4.75. The molecule has 55 heavy (non-hydrogen) atoms. The summed E-state index contributed by atoms with van der Waals surface area (Å²) < 4.78 is 53.4. The second kappa shape index (κ2) is 15.6. The van der Waals surface area contributed by atoms with Gasteiger partial charge in [0.1, 0.15) is 69.0 Å². The predicted molar refractivity (Wildman–Crippen MR) is 202 cm³/mol. The van der Waals surface area contributed by atoms with Gasteiger partial charge in [-0.2, -0.15) is 9.51 Å². The third-order valence-corrected chi connectivity index (χ3v) is 11.8. The Morgan fingerprint density at radius 1 is 0.345 bits per heavy atom. The maximum atomic E-state index is 10.1. The van der Waals surface area contributed by atoms with Crippen LogP contribution in [0.5, 0.6) is 69.0 Å². The van der Waals surface area contributed by atoms with Crippen molar-refractivity contribution in [3.8, 4) is 69.0 Å². The Balaban J connectivity index is 1.49. The van der Waals surface area contributed by atoms with Crippen molar-refractivity contribution in [1.82, 2.24) is 0 Å². The minimum atomic E-state index is -4.20. The van der Waals surface area contributed by atoms with E-state index in [-0.39, 0.29) is 74.8 Å². The third-order valence-electron chi connectivity index (χ3n) is 7.30. The molecular weight excluding hydrogens is 752 g/mol. The van der Waals surface area contributed by atoms with Gasteiger partial charge in [0.2, 0.25) is 5.84 Å². The Kier molecular flexibility index (Phi) is 10.3. The molecule has 15 nitrogen and oxygen atoms in total. The molecule has 6 aromatic rings. The van der Waals surface area contributed by atoms with E-state index in [2.05, 4.69) is 0 Å². The molecule has 0 saturated carbocycles. The van der Waals surface area contributed by atoms with Crippen molar-refractivity contribution >= 4 is 21.2 Å². The number of phenols is 6. The van der Waals surface area contributed by atoms with Gasteiger partial charge in [0.15, 0.2) is 0 Å². The summed E-state index contributed by atoms with van der Waals surface area (Å²) in [6, 6.07) is 34.4. The summed E-state index contributed by atoms with van der Waals surface area (Å²) in [7, 11) is -8.39. The summed E-state index contributed by atoms with van der Waals surface area (Å²) in [6.07, 6.45) is -1.54. The zero-order valence-electron chi connectivity index (χ0n) is 28.3. The first-order valence-corrected chi connectivity index (χ1v) is 19.3. The molecule has 0 radical (unpaired) electrons. The lowest BCUT2D eigenvalue weighted by molar-refractivity contribution is 0.0631. The molecule has 0 aliphatic carbocycles. The monoisotopic (exact) mass is 783 g/mol. The van der Waals surface area contributed by atoms with E-state index in [0.717, 1.165) is 0 Å². The Morgan fingerprint density at radius 3 is 0.891 bits per heavy atom. The van der Waals surface area contributed by atoms with E-state index in [9.17, 15) is 30.6 Å². The molecule has 0 spiro atoms. The van der Waals surface area contributed by atoms with Crippen molar-refractivity contribution in [3.63, 3.8) is 0 Å². The van der Waals surface area contributed by atoms with Crippen LogP contribution in [0.1, 0.15) is 0 Å². The van der Waals surface area contributed by atoms with Crippen LogP contribution in [-0.4, -0.2) is 42.8 Å². The first-order chi connectivity index (χ1) is 26.5. The molecule has 0 bridgehead atoms. The van der Waals surface area contributed by atoms with Crippen molar-refractivity contribution in [2.75, 3.05) is 0 Å². The molecule has 1 aliphatic heterocycles. The average Bonchev–Trinajstić information content (AvgIpc) is 3.17. The summed E-state index contributed by atoms with van der Waals surface area (Å²) in [5.74, 6) is 0.582. The highest BCUT2D eigenvalue weighted by molar-refractivity contribution is 7.68. The summed E-state index contributed by atoms with van der Waals surface area (Å²) in [5.41, 5.74) is 0. The molecule has 0 unspecified atom stereocenters. The number of ether oxygens (including phenoxy) is 2. The molecule has 1 heterocycles. The molecule has 1 aliphatic rings. The van der Waals surface area contributed by atoms with Crippen molar-refractivity contribution in [1.29, 1.82) is 0 Å². The van der Waals surface area contributed by atoms with Gasteiger partial charge in [0.05, 0.1) is 0 Å². The number of hydrogen-bond donors (Lipinski definition) is 6. The van der Waals surface area contributed by atoms with Gasteiger partial charge in [-0.25, -0.2) is 0 Å². The van der Waals surface area contributed by atoms with Gasteiger partial charge in [0, 0.05) is 0 Å². The zero-order valence-corrected chi connectivity index (χ0v) is 30.1. The number of aromatic hydroxyl groups is 6. The molecule has 6 N–H and O–H groups in total. The first kappa shape index (κ1) is 36.4. The van der Waals surface area contributed by atoms with Crippen LogP contribution in [0.15, 0.2) is 160 Å². The van der Waals surface area contributed by atoms with E-state index in [1.165, 1.54) is 146 Å². The Hall–Kier alpha value is -6.95. The zero-order chi connectivity index (χ0) is 38.4. The fourth-order valence-corrected chi connectivity index (χ4v) is 9.49. The van der Waals surface area contributed by atoms with Crippen LogP contribution in [-0.2, 0) is 0 Å². The number of hydrogen-bond acceptors (Lipinski definition) is 15. The minimum absolute atomic E-state index is 0.0223. The molecule has 6 aromatic carbocycles. The normalized spacial score (nSPS) is 14.0. The largest absolute Gasteiger partial charge is 0.508 e. The average molecular weight is 784 g/mol. The van der Waals surface area contributed by atoms with E-state index in [1.807, 2.05) is 0 Å². The summed E-state index contributed by atoms with van der Waals surface area (Å²) in [6.45, 7) is 0. The number of rotatable bonds is 13. The van der Waals surface area contributed by atoms with Crippen LogP contribution in [0.25, 0.3) is 0 Å². The van der Waals surface area contributed by atoms with Crippen molar-refractivity contribution in [2.24, 2.45) is 14.0 Å². The highest BCUT2D eigenvalue weighted by Gasteiger charge is 2.44. The van der Waals surface area contributed by atoms with Crippen molar-refractivity contribution in [3.05, 3.63) is 146 Å². The standard InChI is InChI=1S/C38H31N3O12P2/c42-25-1-13-31(14-2-25)48-38(49-32-15-3-26(43)4-16-32)37-39-54(50-33-17-5-27(44)6-18-33,51-34-19-7-28(45)8-20-34)41-55(40-37,52-35-21-9-29(46)10-22-35)53-36-23-11-30(47)12-24-36/h1-24,38,42-47H. The molecule has 0 aromatic heterocycles. The molecular formula is C38H31N3O12P2. The Morgan fingerprint density at radius 2 is 0.600 bits per heavy atom. The molecule has 17 heteroatoms. The van der Waals surface area contributed by atoms with E-state index in [4.69, 9.17) is 41.6 Å². The van der Waals surface area contributed by atoms with Gasteiger partial charge in [-0.3, -0.25) is 0 Å². The highest BCUT2D eigenvalue weighted by Crippen LogP contribution is 2.68. The van der Waals surface area contributed by atoms with Crippen LogP contribution in [0.4, 0.5) is 0 Å². The predicted octanol–water partition coefficient (Wildman–Crippen LogP) is 9.32. The molecule has 0 saturated heterocycles. The fraction of sp³-hybridized carbons (Fsp3) is 0.0263. The van der Waals surface area contributed by atoms with E-state index in [1.54, 1.807) is 0 Å². The van der Waals surface area contributed by atoms with Gasteiger partial charge in [0.25, 0.3) is 0 Å². The van der Waals surface area contributed by atoms with Crippen LogP contribution in [0.2, 0.25) is 0 Å². The number of amidine groups is 1. The Bertz CT molecular complexity index is 2140. The lowest BCUT2D eigenvalue weighted by Crippen LogP contribution is -2.33. The lowest BCUT2D eigenvalue weighted by Gasteiger charge is -2.31. The summed E-state index contributed by atoms with van der Waals surface area (Å²) in [5, 5.41) is 60.2. The van der Waals surface area contributed by atoms with Gasteiger partial charge in [-0.15, -0.1) is 0 Å². The van der Waals surface area contributed by atoms with Crippen LogP contribution in [0, 0.1) is 0 Å². The molecule has 0 fully saturated rings. The van der Waals surface area contributed by atoms with Crippen molar-refractivity contribution in [2.45, 2.75) is 6.29 Å². The third kappa shape index (κ3) is 9.35. The maximum absolute atomic E-state index is 10.1. The minimum Gasteiger partial charge on any atom is -0.508 e. The first-order valence-electron chi connectivity index (χ1n) is 16.2. The van der Waals surface area contributed by atoms with Crippen molar-refractivity contribution < 1.29 is 58.2 Å². The highest BCUT2D eigenvalue weighted by atomic mass is 31.2. The second-order valence-corrected chi connectivity index (χ2v) is 15.3. The van der Waals surface area contributed by atoms with Crippen LogP contribution in [0.3, 0.4) is 0 Å². The van der Waals surface area contributed by atoms with Gasteiger partial charge < -0.3 is 58.2 Å². The molecule has 280 valence electrons. The van der Waals surface area contributed by atoms with Crippen LogP contribution >= 0.6 is 15.3 Å². The molecule has 7 rings (SSSR count). The number of nitrogens with zero attached hydrogens (tertiary/aromatic N) is 3. The number of phenolic OH excluding ortho intramolecular Hbond substituents is 6. The van der Waals surface area contributed by atoms with E-state index < -0.39 is 21.6 Å². The maximum Gasteiger partial charge on any atom is 0.456 e. The summed E-state index contributed by atoms with van der Waals surface area (Å²) >= 11 is 0. The second-order valence-electron chi connectivity index (χ2n) is 11.5. The smallest absolute Gasteiger partial charge is 0.456 e. The molecule has 0 amide bonds. The van der Waals surface area contributed by atoms with Gasteiger partial charge in [-0.1, -0.05) is 4.52 Å². The lowest BCUT2D eigenvalue weighted by atomic mass is 10.3. The Labute approximate surface area is 313 Å². The van der Waals surface area contributed by atoms with E-state index >= 15 is 0 Å². The van der Waals surface area contributed by atoms with E-state index in [0.29, 0.717) is 0 Å². The summed E-state index contributed by atoms with van der Waals surface area (Å²) in [4.78, 5) is 0. The van der Waals surface area contributed by atoms with Gasteiger partial charge >= 0.3 is 21.6 Å². The van der Waals surface area contributed by atoms with Crippen LogP contribution < -0.4 is 27.6 Å². The SMILES string of the molecule is Oc1ccc(OC(Oc2ccc(O)cc2)C2=NP(Oc3ccc(O)cc3)(Oc3ccc(O)cc3)=NP(Oc3ccc(O)cc3)(Oc3ccc(O)cc3)=N2)cc1. The molecule has 0 atom stereocenters. The topological polar surface area (TPSA) is 214 Å². The van der Waals surface area contributed by atoms with Gasteiger partial charge in [-0.05, 0) is 146 Å². The quantitative estimate of drug-likeness (QED) is 0.0477. The number of benzene rings is 6.